The van der Waals surface area contributed by atoms with Gasteiger partial charge in [-0.05, 0) is 35.7 Å². The van der Waals surface area contributed by atoms with Crippen LogP contribution in [0.5, 0.6) is 0 Å². The number of aromatic nitrogens is 4. The lowest BCUT2D eigenvalue weighted by molar-refractivity contribution is 0.738. The minimum Gasteiger partial charge on any atom is -0.374 e. The standard InChI is InChI=1S/C21H22N6S/c1-25-10-7-14-4-5-15(12-18(14)25)16-13-26(2)21-20(16)17(6-9-22-21)24-28-19-8-11-27(3)23-19/h4-6,8-9,11-13H,7,10H2,1-3H3,(H,22,24). The number of aryl methyl sites for hydroxylation is 2. The highest BCUT2D eigenvalue weighted by atomic mass is 32.2. The molecule has 0 aliphatic carbocycles. The highest BCUT2D eigenvalue weighted by Gasteiger charge is 2.19. The molecule has 0 amide bonds. The Hall–Kier alpha value is -2.93. The Morgan fingerprint density at radius 3 is 2.82 bits per heavy atom. The summed E-state index contributed by atoms with van der Waals surface area (Å²) in [6, 6.07) is 10.8. The maximum atomic E-state index is 4.62. The number of fused-ring (bicyclic) bond motifs is 2. The van der Waals surface area contributed by atoms with Crippen LogP contribution < -0.4 is 9.62 Å². The summed E-state index contributed by atoms with van der Waals surface area (Å²) in [6.07, 6.45) is 7.09. The van der Waals surface area contributed by atoms with Crippen molar-refractivity contribution in [2.45, 2.75) is 11.4 Å². The van der Waals surface area contributed by atoms with Gasteiger partial charge < -0.3 is 14.2 Å². The third-order valence-corrected chi connectivity index (χ3v) is 6.08. The van der Waals surface area contributed by atoms with Crippen LogP contribution in [0.25, 0.3) is 22.2 Å². The van der Waals surface area contributed by atoms with Crippen LogP contribution in [0.1, 0.15) is 5.56 Å². The summed E-state index contributed by atoms with van der Waals surface area (Å²) in [4.78, 5) is 6.95. The van der Waals surface area contributed by atoms with Crippen LogP contribution in [-0.2, 0) is 20.5 Å². The lowest BCUT2D eigenvalue weighted by Crippen LogP contribution is -2.12. The Bertz CT molecular complexity index is 1180. The van der Waals surface area contributed by atoms with Gasteiger partial charge in [-0.1, -0.05) is 12.1 Å². The molecule has 28 heavy (non-hydrogen) atoms. The number of anilines is 2. The van der Waals surface area contributed by atoms with Crippen LogP contribution in [-0.4, -0.2) is 32.9 Å². The lowest BCUT2D eigenvalue weighted by Gasteiger charge is -2.13. The van der Waals surface area contributed by atoms with Crippen molar-refractivity contribution < 1.29 is 0 Å². The molecule has 3 aromatic heterocycles. The molecule has 0 spiro atoms. The molecular formula is C21H22N6S. The van der Waals surface area contributed by atoms with Crippen LogP contribution in [0.4, 0.5) is 11.4 Å². The summed E-state index contributed by atoms with van der Waals surface area (Å²) in [6.45, 7) is 1.09. The first-order chi connectivity index (χ1) is 13.6. The summed E-state index contributed by atoms with van der Waals surface area (Å²) in [5.41, 5.74) is 7.18. The fraction of sp³-hybridized carbons (Fsp3) is 0.238. The zero-order valence-electron chi connectivity index (χ0n) is 16.2. The summed E-state index contributed by atoms with van der Waals surface area (Å²) in [5, 5.41) is 6.50. The zero-order chi connectivity index (χ0) is 19.3. The Labute approximate surface area is 168 Å². The molecule has 7 heteroatoms. The monoisotopic (exact) mass is 390 g/mol. The summed E-state index contributed by atoms with van der Waals surface area (Å²) in [7, 11) is 6.14. The van der Waals surface area contributed by atoms with E-state index in [4.69, 9.17) is 0 Å². The molecule has 0 fully saturated rings. The van der Waals surface area contributed by atoms with E-state index in [1.54, 1.807) is 4.68 Å². The first kappa shape index (κ1) is 17.2. The number of nitrogens with one attached hydrogen (secondary N) is 1. The number of rotatable bonds is 4. The van der Waals surface area contributed by atoms with Crippen molar-refractivity contribution in [3.8, 4) is 11.1 Å². The quantitative estimate of drug-likeness (QED) is 0.532. The van der Waals surface area contributed by atoms with E-state index in [0.717, 1.165) is 34.7 Å². The number of nitrogens with zero attached hydrogens (tertiary/aromatic N) is 5. The second-order valence-corrected chi connectivity index (χ2v) is 8.08. The molecule has 5 rings (SSSR count). The fourth-order valence-electron chi connectivity index (χ4n) is 3.87. The van der Waals surface area contributed by atoms with Gasteiger partial charge in [0.05, 0.1) is 11.1 Å². The van der Waals surface area contributed by atoms with E-state index in [9.17, 15) is 0 Å². The molecule has 0 bridgehead atoms. The molecule has 142 valence electrons. The van der Waals surface area contributed by atoms with E-state index in [-0.39, 0.29) is 0 Å². The SMILES string of the molecule is CN1CCc2ccc(-c3cn(C)c4nccc(NSc5ccn(C)n5)c34)cc21. The van der Waals surface area contributed by atoms with Gasteiger partial charge in [0.2, 0.25) is 0 Å². The number of hydrogen-bond acceptors (Lipinski definition) is 5. The summed E-state index contributed by atoms with van der Waals surface area (Å²) in [5.74, 6) is 0. The molecule has 0 saturated carbocycles. The number of pyridine rings is 1. The van der Waals surface area contributed by atoms with Crippen molar-refractivity contribution in [3.05, 3.63) is 54.5 Å². The van der Waals surface area contributed by atoms with Crippen LogP contribution >= 0.6 is 11.9 Å². The summed E-state index contributed by atoms with van der Waals surface area (Å²) < 4.78 is 7.38. The van der Waals surface area contributed by atoms with Gasteiger partial charge in [-0.15, -0.1) is 0 Å². The minimum absolute atomic E-state index is 0.934. The Kier molecular flexibility index (Phi) is 4.05. The van der Waals surface area contributed by atoms with E-state index in [1.165, 1.54) is 34.3 Å². The molecule has 4 heterocycles. The predicted octanol–water partition coefficient (Wildman–Crippen LogP) is 4.09. The Morgan fingerprint density at radius 2 is 2.00 bits per heavy atom. The van der Waals surface area contributed by atoms with E-state index >= 15 is 0 Å². The molecule has 4 aromatic rings. The fourth-order valence-corrected chi connectivity index (χ4v) is 4.55. The second-order valence-electron chi connectivity index (χ2n) is 7.26. The van der Waals surface area contributed by atoms with Crippen LogP contribution in [0.2, 0.25) is 0 Å². The third kappa shape index (κ3) is 2.82. The van der Waals surface area contributed by atoms with Gasteiger partial charge in [0.1, 0.15) is 10.7 Å². The number of likely N-dealkylation sites (N-methyl/N-ethyl adjacent to an activating group) is 1. The topological polar surface area (TPSA) is 50.9 Å². The molecular weight excluding hydrogens is 368 g/mol. The smallest absolute Gasteiger partial charge is 0.142 e. The number of benzene rings is 1. The third-order valence-electron chi connectivity index (χ3n) is 5.34. The van der Waals surface area contributed by atoms with Gasteiger partial charge in [0.15, 0.2) is 0 Å². The van der Waals surface area contributed by atoms with Crippen molar-refractivity contribution in [2.24, 2.45) is 14.1 Å². The average Bonchev–Trinajstić information content (AvgIpc) is 3.38. The molecule has 1 aliphatic rings. The molecule has 1 aromatic carbocycles. The van der Waals surface area contributed by atoms with Crippen LogP contribution in [0.15, 0.2) is 53.9 Å². The largest absolute Gasteiger partial charge is 0.374 e. The molecule has 1 N–H and O–H groups in total. The highest BCUT2D eigenvalue weighted by Crippen LogP contribution is 2.39. The van der Waals surface area contributed by atoms with Crippen LogP contribution in [0, 0.1) is 0 Å². The lowest BCUT2D eigenvalue weighted by atomic mass is 10.0. The van der Waals surface area contributed by atoms with Crippen molar-refractivity contribution >= 4 is 34.4 Å². The zero-order valence-corrected chi connectivity index (χ0v) is 17.0. The number of hydrogen-bond donors (Lipinski definition) is 1. The van der Waals surface area contributed by atoms with E-state index in [0.29, 0.717) is 0 Å². The average molecular weight is 391 g/mol. The first-order valence-corrected chi connectivity index (χ1v) is 10.1. The van der Waals surface area contributed by atoms with E-state index in [2.05, 4.69) is 55.7 Å². The molecule has 0 atom stereocenters. The van der Waals surface area contributed by atoms with Crippen molar-refractivity contribution in [2.75, 3.05) is 23.2 Å². The Morgan fingerprint density at radius 1 is 1.11 bits per heavy atom. The molecule has 1 aliphatic heterocycles. The maximum absolute atomic E-state index is 4.62. The van der Waals surface area contributed by atoms with Crippen molar-refractivity contribution in [3.63, 3.8) is 0 Å². The van der Waals surface area contributed by atoms with Gasteiger partial charge in [-0.3, -0.25) is 4.68 Å². The Balaban J connectivity index is 1.59. The molecule has 0 saturated heterocycles. The van der Waals surface area contributed by atoms with Crippen LogP contribution in [0.3, 0.4) is 0 Å². The minimum atomic E-state index is 0.934. The predicted molar refractivity (Wildman–Crippen MR) is 116 cm³/mol. The van der Waals surface area contributed by atoms with Gasteiger partial charge in [-0.25, -0.2) is 4.98 Å². The van der Waals surface area contributed by atoms with E-state index < -0.39 is 0 Å². The normalized spacial score (nSPS) is 13.3. The van der Waals surface area contributed by atoms with Crippen molar-refractivity contribution in [1.29, 1.82) is 0 Å². The molecule has 0 radical (unpaired) electrons. The van der Waals surface area contributed by atoms with Gasteiger partial charge >= 0.3 is 0 Å². The molecule has 6 nitrogen and oxygen atoms in total. The van der Waals surface area contributed by atoms with Gasteiger partial charge in [0, 0.05) is 69.5 Å². The van der Waals surface area contributed by atoms with Crippen molar-refractivity contribution in [1.82, 2.24) is 19.3 Å². The first-order valence-electron chi connectivity index (χ1n) is 9.31. The maximum Gasteiger partial charge on any atom is 0.142 e. The van der Waals surface area contributed by atoms with Gasteiger partial charge in [0.25, 0.3) is 0 Å². The van der Waals surface area contributed by atoms with Gasteiger partial charge in [-0.2, -0.15) is 5.10 Å². The molecule has 0 unspecified atom stereocenters. The second kappa shape index (κ2) is 6.60. The van der Waals surface area contributed by atoms with E-state index in [1.807, 2.05) is 38.6 Å². The highest BCUT2D eigenvalue weighted by molar-refractivity contribution is 8.00. The summed E-state index contributed by atoms with van der Waals surface area (Å²) >= 11 is 1.52.